The second kappa shape index (κ2) is 9.34. The van der Waals surface area contributed by atoms with Gasteiger partial charge in [-0.15, -0.1) is 0 Å². The number of nitrogens with one attached hydrogen (secondary N) is 2. The zero-order valence-corrected chi connectivity index (χ0v) is 17.3. The van der Waals surface area contributed by atoms with Gasteiger partial charge in [0, 0.05) is 24.7 Å². The molecule has 2 N–H and O–H groups in total. The van der Waals surface area contributed by atoms with Crippen LogP contribution in [0.4, 0.5) is 16.3 Å². The molecule has 8 nitrogen and oxygen atoms in total. The number of amides is 3. The Balaban J connectivity index is 1.37. The second-order valence-electron chi connectivity index (χ2n) is 7.33. The molecule has 0 saturated carbocycles. The molecule has 1 fully saturated rings. The molecule has 1 aromatic heterocycles. The van der Waals surface area contributed by atoms with Gasteiger partial charge in [0.15, 0.2) is 0 Å². The van der Waals surface area contributed by atoms with E-state index >= 15 is 0 Å². The van der Waals surface area contributed by atoms with Gasteiger partial charge in [-0.05, 0) is 37.1 Å². The van der Waals surface area contributed by atoms with Crippen molar-refractivity contribution in [2.24, 2.45) is 0 Å². The van der Waals surface area contributed by atoms with Gasteiger partial charge in [-0.1, -0.05) is 30.3 Å². The van der Waals surface area contributed by atoms with Crippen molar-refractivity contribution in [2.75, 3.05) is 30.8 Å². The lowest BCUT2D eigenvalue weighted by Gasteiger charge is -2.32. The number of rotatable bonds is 5. The molecular weight excluding hydrogens is 394 g/mol. The number of nitrogens with zero attached hydrogens (tertiary/aromatic N) is 3. The normalized spacial score (nSPS) is 14.2. The highest BCUT2D eigenvalue weighted by Crippen LogP contribution is 2.27. The van der Waals surface area contributed by atoms with E-state index in [-0.39, 0.29) is 18.0 Å². The van der Waals surface area contributed by atoms with Gasteiger partial charge in [-0.2, -0.15) is 5.10 Å². The Hall–Kier alpha value is -3.81. The van der Waals surface area contributed by atoms with Crippen molar-refractivity contribution in [3.05, 3.63) is 72.4 Å². The molecule has 0 radical (unpaired) electrons. The van der Waals surface area contributed by atoms with Crippen molar-refractivity contribution in [3.63, 3.8) is 0 Å². The fraction of sp³-hybridized carbons (Fsp3) is 0.261. The Labute approximate surface area is 180 Å². The molecule has 1 aliphatic rings. The van der Waals surface area contributed by atoms with Crippen LogP contribution in [0.2, 0.25) is 0 Å². The molecule has 1 aliphatic heterocycles. The second-order valence-corrected chi connectivity index (χ2v) is 7.33. The van der Waals surface area contributed by atoms with E-state index in [1.165, 1.54) is 0 Å². The molecular formula is C23H25N5O3. The van der Waals surface area contributed by atoms with Crippen molar-refractivity contribution in [1.82, 2.24) is 14.7 Å². The summed E-state index contributed by atoms with van der Waals surface area (Å²) in [6, 6.07) is 18.0. The van der Waals surface area contributed by atoms with E-state index in [9.17, 15) is 9.59 Å². The molecule has 3 amide bonds. The van der Waals surface area contributed by atoms with E-state index in [0.717, 1.165) is 12.8 Å². The molecule has 0 atom stereocenters. The van der Waals surface area contributed by atoms with E-state index < -0.39 is 0 Å². The monoisotopic (exact) mass is 419 g/mol. The molecule has 160 valence electrons. The average Bonchev–Trinajstić information content (AvgIpc) is 3.27. The summed E-state index contributed by atoms with van der Waals surface area (Å²) in [6.07, 6.45) is 3.20. The first-order valence-corrected chi connectivity index (χ1v) is 10.2. The molecule has 31 heavy (non-hydrogen) atoms. The smallest absolute Gasteiger partial charge is 0.324 e. The first kappa shape index (κ1) is 20.5. The minimum absolute atomic E-state index is 0.0500. The van der Waals surface area contributed by atoms with Crippen LogP contribution in [0.25, 0.3) is 0 Å². The molecule has 1 saturated heterocycles. The third-order valence-corrected chi connectivity index (χ3v) is 5.39. The van der Waals surface area contributed by atoms with Crippen molar-refractivity contribution in [1.29, 1.82) is 0 Å². The van der Waals surface area contributed by atoms with Crippen molar-refractivity contribution < 1.29 is 14.3 Å². The van der Waals surface area contributed by atoms with Crippen LogP contribution in [0, 0.1) is 0 Å². The standard InChI is InChI=1S/C23H25N5O3/c1-31-20-10-6-5-9-19(20)25-23(30)26-21-11-14-24-28(21)18-12-15-27(16-13-18)22(29)17-7-3-2-4-8-17/h2-11,14,18H,12-13,15-16H2,1H3,(H2,25,26,30). The van der Waals surface area contributed by atoms with Gasteiger partial charge in [0.1, 0.15) is 11.6 Å². The minimum atomic E-state index is -0.372. The van der Waals surface area contributed by atoms with Gasteiger partial charge in [0.25, 0.3) is 5.91 Å². The zero-order chi connectivity index (χ0) is 21.6. The minimum Gasteiger partial charge on any atom is -0.495 e. The van der Waals surface area contributed by atoms with Gasteiger partial charge in [-0.3, -0.25) is 10.1 Å². The summed E-state index contributed by atoms with van der Waals surface area (Å²) >= 11 is 0. The maximum Gasteiger partial charge on any atom is 0.324 e. The Kier molecular flexibility index (Phi) is 6.16. The highest BCUT2D eigenvalue weighted by Gasteiger charge is 2.26. The molecule has 0 spiro atoms. The number of anilines is 2. The van der Waals surface area contributed by atoms with Crippen LogP contribution >= 0.6 is 0 Å². The van der Waals surface area contributed by atoms with Crippen LogP contribution in [0.15, 0.2) is 66.9 Å². The molecule has 2 heterocycles. The Morgan fingerprint density at radius 2 is 1.68 bits per heavy atom. The third-order valence-electron chi connectivity index (χ3n) is 5.39. The van der Waals surface area contributed by atoms with E-state index in [2.05, 4.69) is 15.7 Å². The summed E-state index contributed by atoms with van der Waals surface area (Å²) in [6.45, 7) is 1.29. The Bertz CT molecular complexity index is 1040. The number of hydrogen-bond donors (Lipinski definition) is 2. The molecule has 4 rings (SSSR count). The summed E-state index contributed by atoms with van der Waals surface area (Å²) in [5, 5.41) is 10.1. The summed E-state index contributed by atoms with van der Waals surface area (Å²) < 4.78 is 7.09. The van der Waals surface area contributed by atoms with Crippen LogP contribution in [0.5, 0.6) is 5.75 Å². The van der Waals surface area contributed by atoms with Crippen molar-refractivity contribution in [2.45, 2.75) is 18.9 Å². The molecule has 2 aromatic carbocycles. The number of likely N-dealkylation sites (tertiary alicyclic amines) is 1. The summed E-state index contributed by atoms with van der Waals surface area (Å²) in [4.78, 5) is 27.0. The summed E-state index contributed by atoms with van der Waals surface area (Å²) in [5.41, 5.74) is 1.29. The topological polar surface area (TPSA) is 88.5 Å². The maximum absolute atomic E-state index is 12.7. The number of urea groups is 1. The fourth-order valence-corrected chi connectivity index (χ4v) is 3.80. The fourth-order valence-electron chi connectivity index (χ4n) is 3.80. The largest absolute Gasteiger partial charge is 0.495 e. The number of ether oxygens (including phenoxy) is 1. The van der Waals surface area contributed by atoms with E-state index in [1.54, 1.807) is 31.5 Å². The predicted molar refractivity (Wildman–Crippen MR) is 118 cm³/mol. The quantitative estimate of drug-likeness (QED) is 0.654. The first-order chi connectivity index (χ1) is 15.2. The van der Waals surface area contributed by atoms with E-state index in [4.69, 9.17) is 4.74 Å². The van der Waals surface area contributed by atoms with Crippen LogP contribution in [-0.2, 0) is 0 Å². The van der Waals surface area contributed by atoms with Crippen LogP contribution < -0.4 is 15.4 Å². The first-order valence-electron chi connectivity index (χ1n) is 10.2. The Morgan fingerprint density at radius 1 is 0.968 bits per heavy atom. The predicted octanol–water partition coefficient (Wildman–Crippen LogP) is 4.01. The van der Waals surface area contributed by atoms with Gasteiger partial charge in [0.2, 0.25) is 0 Å². The number of para-hydroxylation sites is 2. The molecule has 8 heteroatoms. The zero-order valence-electron chi connectivity index (χ0n) is 17.3. The molecule has 0 bridgehead atoms. The lowest BCUT2D eigenvalue weighted by molar-refractivity contribution is 0.0691. The summed E-state index contributed by atoms with van der Waals surface area (Å²) in [7, 11) is 1.56. The summed E-state index contributed by atoms with van der Waals surface area (Å²) in [5.74, 6) is 1.25. The van der Waals surface area contributed by atoms with Crippen LogP contribution in [0.1, 0.15) is 29.2 Å². The lowest BCUT2D eigenvalue weighted by Crippen LogP contribution is -2.39. The van der Waals surface area contributed by atoms with Crippen molar-refractivity contribution >= 4 is 23.4 Å². The van der Waals surface area contributed by atoms with E-state index in [0.29, 0.717) is 35.9 Å². The van der Waals surface area contributed by atoms with Crippen molar-refractivity contribution in [3.8, 4) is 5.75 Å². The highest BCUT2D eigenvalue weighted by atomic mass is 16.5. The van der Waals surface area contributed by atoms with Crippen LogP contribution in [-0.4, -0.2) is 46.8 Å². The lowest BCUT2D eigenvalue weighted by atomic mass is 10.0. The Morgan fingerprint density at radius 3 is 2.42 bits per heavy atom. The van der Waals surface area contributed by atoms with Gasteiger partial charge >= 0.3 is 6.03 Å². The van der Waals surface area contributed by atoms with E-state index in [1.807, 2.05) is 52.0 Å². The number of hydrogen-bond acceptors (Lipinski definition) is 4. The average molecular weight is 419 g/mol. The number of piperidine rings is 1. The number of methoxy groups -OCH3 is 1. The molecule has 3 aromatic rings. The number of carbonyl (C=O) groups excluding carboxylic acids is 2. The van der Waals surface area contributed by atoms with Gasteiger partial charge < -0.3 is 15.0 Å². The number of carbonyl (C=O) groups is 2. The van der Waals surface area contributed by atoms with Gasteiger partial charge in [0.05, 0.1) is 25.0 Å². The molecule has 0 unspecified atom stereocenters. The highest BCUT2D eigenvalue weighted by molar-refractivity contribution is 6.00. The number of aromatic nitrogens is 2. The van der Waals surface area contributed by atoms with Gasteiger partial charge in [-0.25, -0.2) is 9.48 Å². The molecule has 0 aliphatic carbocycles. The van der Waals surface area contributed by atoms with Crippen LogP contribution in [0.3, 0.4) is 0 Å². The maximum atomic E-state index is 12.7. The third kappa shape index (κ3) is 4.69. The number of benzene rings is 2. The SMILES string of the molecule is COc1ccccc1NC(=O)Nc1ccnn1C1CCN(C(=O)c2ccccc2)CC1.